The second kappa shape index (κ2) is 7.47. The van der Waals surface area contributed by atoms with E-state index in [2.05, 4.69) is 5.32 Å². The van der Waals surface area contributed by atoms with Gasteiger partial charge in [0.1, 0.15) is 12.3 Å². The quantitative estimate of drug-likeness (QED) is 0.816. The summed E-state index contributed by atoms with van der Waals surface area (Å²) in [7, 11) is 0. The lowest BCUT2D eigenvalue weighted by Gasteiger charge is -2.15. The van der Waals surface area contributed by atoms with Crippen LogP contribution in [0.5, 0.6) is 0 Å². The molecule has 0 bridgehead atoms. The number of rotatable bonds is 5. The zero-order chi connectivity index (χ0) is 15.9. The van der Waals surface area contributed by atoms with Gasteiger partial charge in [0.15, 0.2) is 0 Å². The second-order valence-corrected chi connectivity index (χ2v) is 5.87. The number of carboxylic acid groups (broad SMARTS) is 1. The standard InChI is InChI=1S/C16H21NO4/c1-16(2,3)10-9-13(14(18)19)17-15(20)21-11-12-7-5-4-6-8-12/h4-9H,10-11H2,1-3H3,(H,17,20)(H,18,19)/b13-9-. The lowest BCUT2D eigenvalue weighted by Crippen LogP contribution is -2.28. The van der Waals surface area contributed by atoms with Crippen LogP contribution in [0.2, 0.25) is 0 Å². The number of carboxylic acids is 1. The summed E-state index contributed by atoms with van der Waals surface area (Å²) in [5.41, 5.74) is 0.613. The summed E-state index contributed by atoms with van der Waals surface area (Å²) >= 11 is 0. The maximum Gasteiger partial charge on any atom is 0.412 e. The van der Waals surface area contributed by atoms with E-state index in [1.807, 2.05) is 51.1 Å². The Kier molecular flexibility index (Phi) is 5.96. The third-order valence-corrected chi connectivity index (χ3v) is 2.60. The molecule has 0 aromatic heterocycles. The molecule has 5 nitrogen and oxygen atoms in total. The van der Waals surface area contributed by atoms with E-state index in [0.29, 0.717) is 6.42 Å². The fourth-order valence-corrected chi connectivity index (χ4v) is 1.47. The van der Waals surface area contributed by atoms with Crippen LogP contribution in [0, 0.1) is 5.41 Å². The van der Waals surface area contributed by atoms with Crippen LogP contribution in [0.1, 0.15) is 32.8 Å². The highest BCUT2D eigenvalue weighted by atomic mass is 16.5. The number of amides is 1. The summed E-state index contributed by atoms with van der Waals surface area (Å²) in [6.45, 7) is 6.04. The zero-order valence-corrected chi connectivity index (χ0v) is 12.6. The lowest BCUT2D eigenvalue weighted by molar-refractivity contribution is -0.133. The van der Waals surface area contributed by atoms with Gasteiger partial charge in [0.05, 0.1) is 0 Å². The number of aliphatic carboxylic acids is 1. The highest BCUT2D eigenvalue weighted by molar-refractivity contribution is 5.90. The van der Waals surface area contributed by atoms with Crippen molar-refractivity contribution in [3.8, 4) is 0 Å². The van der Waals surface area contributed by atoms with Gasteiger partial charge in [-0.05, 0) is 17.4 Å². The minimum absolute atomic E-state index is 0.0592. The average molecular weight is 291 g/mol. The van der Waals surface area contributed by atoms with Crippen LogP contribution in [0.4, 0.5) is 4.79 Å². The first-order chi connectivity index (χ1) is 9.78. The summed E-state index contributed by atoms with van der Waals surface area (Å²) in [6.07, 6.45) is 1.25. The van der Waals surface area contributed by atoms with Crippen molar-refractivity contribution in [3.05, 3.63) is 47.7 Å². The van der Waals surface area contributed by atoms with E-state index in [1.165, 1.54) is 6.08 Å². The van der Waals surface area contributed by atoms with Crippen molar-refractivity contribution >= 4 is 12.1 Å². The van der Waals surface area contributed by atoms with Crippen LogP contribution in [0.15, 0.2) is 42.1 Å². The smallest absolute Gasteiger partial charge is 0.412 e. The normalized spacial score (nSPS) is 11.9. The molecule has 1 rings (SSSR count). The first kappa shape index (κ1) is 16.8. The molecule has 0 radical (unpaired) electrons. The number of benzene rings is 1. The molecule has 0 saturated heterocycles. The van der Waals surface area contributed by atoms with E-state index in [9.17, 15) is 9.59 Å². The Morgan fingerprint density at radius 3 is 2.38 bits per heavy atom. The molecule has 0 spiro atoms. The van der Waals surface area contributed by atoms with Crippen LogP contribution >= 0.6 is 0 Å². The van der Waals surface area contributed by atoms with E-state index in [0.717, 1.165) is 5.56 Å². The Bertz CT molecular complexity index is 515. The van der Waals surface area contributed by atoms with Gasteiger partial charge in [0.25, 0.3) is 0 Å². The predicted octanol–water partition coefficient (Wildman–Crippen LogP) is 3.32. The molecule has 1 aromatic rings. The zero-order valence-electron chi connectivity index (χ0n) is 12.6. The number of hydrogen-bond acceptors (Lipinski definition) is 3. The minimum Gasteiger partial charge on any atom is -0.477 e. The van der Waals surface area contributed by atoms with Gasteiger partial charge in [0, 0.05) is 0 Å². The van der Waals surface area contributed by atoms with Crippen molar-refractivity contribution in [2.24, 2.45) is 5.41 Å². The van der Waals surface area contributed by atoms with E-state index >= 15 is 0 Å². The van der Waals surface area contributed by atoms with Crippen molar-refractivity contribution in [2.75, 3.05) is 0 Å². The molecule has 0 aliphatic rings. The van der Waals surface area contributed by atoms with E-state index < -0.39 is 12.1 Å². The summed E-state index contributed by atoms with van der Waals surface area (Å²) in [6, 6.07) is 9.17. The van der Waals surface area contributed by atoms with E-state index in [4.69, 9.17) is 9.84 Å². The molecule has 0 atom stereocenters. The Labute approximate surface area is 124 Å². The monoisotopic (exact) mass is 291 g/mol. The molecule has 0 heterocycles. The first-order valence-corrected chi connectivity index (χ1v) is 6.69. The highest BCUT2D eigenvalue weighted by Crippen LogP contribution is 2.19. The number of carbonyl (C=O) groups is 2. The fraction of sp³-hybridized carbons (Fsp3) is 0.375. The predicted molar refractivity (Wildman–Crippen MR) is 79.6 cm³/mol. The first-order valence-electron chi connectivity index (χ1n) is 6.69. The molecule has 21 heavy (non-hydrogen) atoms. The average Bonchev–Trinajstić information content (AvgIpc) is 2.41. The van der Waals surface area contributed by atoms with Crippen LogP contribution < -0.4 is 5.32 Å². The van der Waals surface area contributed by atoms with Crippen LogP contribution in [-0.2, 0) is 16.1 Å². The number of hydrogen-bond donors (Lipinski definition) is 2. The van der Waals surface area contributed by atoms with Crippen molar-refractivity contribution in [1.29, 1.82) is 0 Å². The Balaban J connectivity index is 2.55. The lowest BCUT2D eigenvalue weighted by atomic mass is 9.92. The summed E-state index contributed by atoms with van der Waals surface area (Å²) in [4.78, 5) is 22.7. The van der Waals surface area contributed by atoms with Crippen LogP contribution in [0.3, 0.4) is 0 Å². The van der Waals surface area contributed by atoms with Gasteiger partial charge < -0.3 is 9.84 Å². The van der Waals surface area contributed by atoms with Crippen LogP contribution in [0.25, 0.3) is 0 Å². The number of alkyl carbamates (subject to hydrolysis) is 1. The Morgan fingerprint density at radius 1 is 1.24 bits per heavy atom. The van der Waals surface area contributed by atoms with Gasteiger partial charge in [-0.2, -0.15) is 0 Å². The molecule has 0 saturated carbocycles. The third kappa shape index (κ3) is 7.15. The molecule has 0 aliphatic carbocycles. The Hall–Kier alpha value is -2.30. The second-order valence-electron chi connectivity index (χ2n) is 5.87. The topological polar surface area (TPSA) is 75.6 Å². The summed E-state index contributed by atoms with van der Waals surface area (Å²) in [5, 5.41) is 11.3. The molecule has 1 amide bonds. The van der Waals surface area contributed by atoms with Crippen LogP contribution in [-0.4, -0.2) is 17.2 Å². The SMILES string of the molecule is CC(C)(C)C/C=C(\NC(=O)OCc1ccccc1)C(=O)O. The summed E-state index contributed by atoms with van der Waals surface area (Å²) in [5.74, 6) is -1.18. The maximum atomic E-state index is 11.6. The van der Waals surface area contributed by atoms with Crippen molar-refractivity contribution in [2.45, 2.75) is 33.8 Å². The van der Waals surface area contributed by atoms with E-state index in [1.54, 1.807) is 0 Å². The molecule has 2 N–H and O–H groups in total. The number of nitrogens with one attached hydrogen (secondary N) is 1. The molecule has 0 aliphatic heterocycles. The molecule has 114 valence electrons. The highest BCUT2D eigenvalue weighted by Gasteiger charge is 2.15. The van der Waals surface area contributed by atoms with Crippen molar-refractivity contribution < 1.29 is 19.4 Å². The van der Waals surface area contributed by atoms with Gasteiger partial charge in [-0.15, -0.1) is 0 Å². The summed E-state index contributed by atoms with van der Waals surface area (Å²) < 4.78 is 4.99. The maximum absolute atomic E-state index is 11.6. The largest absolute Gasteiger partial charge is 0.477 e. The van der Waals surface area contributed by atoms with Crippen molar-refractivity contribution in [1.82, 2.24) is 5.32 Å². The molecular weight excluding hydrogens is 270 g/mol. The molecule has 1 aromatic carbocycles. The molecule has 5 heteroatoms. The molecule has 0 unspecified atom stereocenters. The molecular formula is C16H21NO4. The number of allylic oxidation sites excluding steroid dienone is 1. The third-order valence-electron chi connectivity index (χ3n) is 2.60. The van der Waals surface area contributed by atoms with Gasteiger partial charge in [0.2, 0.25) is 0 Å². The van der Waals surface area contributed by atoms with E-state index in [-0.39, 0.29) is 17.7 Å². The number of ether oxygens (including phenoxy) is 1. The van der Waals surface area contributed by atoms with Crippen molar-refractivity contribution in [3.63, 3.8) is 0 Å². The fourth-order valence-electron chi connectivity index (χ4n) is 1.47. The molecule has 0 fully saturated rings. The van der Waals surface area contributed by atoms with Gasteiger partial charge in [-0.1, -0.05) is 57.2 Å². The minimum atomic E-state index is -1.18. The van der Waals surface area contributed by atoms with Gasteiger partial charge in [-0.3, -0.25) is 5.32 Å². The van der Waals surface area contributed by atoms with Gasteiger partial charge >= 0.3 is 12.1 Å². The van der Waals surface area contributed by atoms with Gasteiger partial charge in [-0.25, -0.2) is 9.59 Å². The number of carbonyl (C=O) groups excluding carboxylic acids is 1. The Morgan fingerprint density at radius 2 is 1.86 bits per heavy atom.